The second-order valence-electron chi connectivity index (χ2n) is 7.04. The summed E-state index contributed by atoms with van der Waals surface area (Å²) in [6.07, 6.45) is 0. The molecule has 0 unspecified atom stereocenters. The molecule has 0 heterocycles. The van der Waals surface area contributed by atoms with Crippen LogP contribution in [-0.4, -0.2) is 27.0 Å². The van der Waals surface area contributed by atoms with Gasteiger partial charge < -0.3 is 9.47 Å². The van der Waals surface area contributed by atoms with E-state index in [0.717, 1.165) is 5.56 Å². The lowest BCUT2D eigenvalue weighted by atomic mass is 10.1. The van der Waals surface area contributed by atoms with E-state index >= 15 is 0 Å². The van der Waals surface area contributed by atoms with E-state index in [0.29, 0.717) is 5.75 Å². The van der Waals surface area contributed by atoms with Crippen LogP contribution in [0.1, 0.15) is 36.7 Å². The first kappa shape index (κ1) is 21.2. The second-order valence-corrected chi connectivity index (χ2v) is 9.10. The summed E-state index contributed by atoms with van der Waals surface area (Å²) in [5.41, 5.74) is 0.296. The van der Waals surface area contributed by atoms with Crippen LogP contribution in [0.4, 0.5) is 0 Å². The molecule has 0 bridgehead atoms. The van der Waals surface area contributed by atoms with Crippen molar-refractivity contribution in [2.75, 3.05) is 7.11 Å². The van der Waals surface area contributed by atoms with Crippen LogP contribution in [0.5, 0.6) is 11.5 Å². The topological polar surface area (TPSA) is 81.7 Å². The molecular formula is C19H22ClNO5S. The molecule has 2 aromatic carbocycles. The molecule has 0 atom stereocenters. The predicted molar refractivity (Wildman–Crippen MR) is 104 cm³/mol. The van der Waals surface area contributed by atoms with E-state index in [2.05, 4.69) is 4.72 Å². The van der Waals surface area contributed by atoms with Gasteiger partial charge in [-0.15, -0.1) is 0 Å². The molecule has 0 spiro atoms. The summed E-state index contributed by atoms with van der Waals surface area (Å²) in [4.78, 5) is 12.3. The van der Waals surface area contributed by atoms with Crippen LogP contribution in [0.2, 0.25) is 5.02 Å². The summed E-state index contributed by atoms with van der Waals surface area (Å²) >= 11 is 6.05. The molecule has 0 aliphatic carbocycles. The Morgan fingerprint density at radius 2 is 1.74 bits per heavy atom. The van der Waals surface area contributed by atoms with Gasteiger partial charge in [0, 0.05) is 5.54 Å². The van der Waals surface area contributed by atoms with Gasteiger partial charge in [-0.3, -0.25) is 0 Å². The number of rotatable bonds is 5. The number of aryl methyl sites for hydroxylation is 1. The molecule has 0 amide bonds. The first-order chi connectivity index (χ1) is 12.4. The van der Waals surface area contributed by atoms with Gasteiger partial charge in [-0.2, -0.15) is 0 Å². The quantitative estimate of drug-likeness (QED) is 0.595. The van der Waals surface area contributed by atoms with E-state index in [9.17, 15) is 13.2 Å². The fourth-order valence-electron chi connectivity index (χ4n) is 2.31. The molecule has 0 aliphatic rings. The monoisotopic (exact) mass is 411 g/mol. The van der Waals surface area contributed by atoms with E-state index < -0.39 is 21.5 Å². The third-order valence-corrected chi connectivity index (χ3v) is 5.66. The summed E-state index contributed by atoms with van der Waals surface area (Å²) < 4.78 is 38.2. The van der Waals surface area contributed by atoms with Crippen LogP contribution in [-0.2, 0) is 10.0 Å². The molecule has 2 rings (SSSR count). The standard InChI is InChI=1S/C19H22ClNO5S/c1-12-6-9-15(16(10-12)25-5)26-18(22)13-7-8-14(20)17(11-13)27(23,24)21-19(2,3)4/h6-11,21H,1-5H3. The summed E-state index contributed by atoms with van der Waals surface area (Å²) in [6, 6.07) is 9.06. The molecule has 0 saturated carbocycles. The minimum absolute atomic E-state index is 0.0104. The number of methoxy groups -OCH3 is 1. The molecule has 0 aromatic heterocycles. The molecule has 8 heteroatoms. The molecule has 27 heavy (non-hydrogen) atoms. The van der Waals surface area contributed by atoms with E-state index in [-0.39, 0.29) is 21.2 Å². The van der Waals surface area contributed by atoms with Crippen molar-refractivity contribution in [2.45, 2.75) is 38.1 Å². The lowest BCUT2D eigenvalue weighted by Gasteiger charge is -2.21. The number of carbonyl (C=O) groups excluding carboxylic acids is 1. The third-order valence-electron chi connectivity index (χ3n) is 3.42. The van der Waals surface area contributed by atoms with Crippen LogP contribution in [0.3, 0.4) is 0 Å². The molecule has 6 nitrogen and oxygen atoms in total. The fourth-order valence-corrected chi connectivity index (χ4v) is 4.26. The largest absolute Gasteiger partial charge is 0.493 e. The number of nitrogens with one attached hydrogen (secondary N) is 1. The van der Waals surface area contributed by atoms with Gasteiger partial charge in [0.1, 0.15) is 4.90 Å². The maximum Gasteiger partial charge on any atom is 0.343 e. The first-order valence-electron chi connectivity index (χ1n) is 8.13. The Morgan fingerprint density at radius 1 is 1.07 bits per heavy atom. The Labute approximate surface area is 164 Å². The van der Waals surface area contributed by atoms with Crippen molar-refractivity contribution in [1.82, 2.24) is 4.72 Å². The van der Waals surface area contributed by atoms with Crippen molar-refractivity contribution in [3.05, 3.63) is 52.5 Å². The zero-order valence-corrected chi connectivity index (χ0v) is 17.4. The highest BCUT2D eigenvalue weighted by Crippen LogP contribution is 2.29. The van der Waals surface area contributed by atoms with Gasteiger partial charge in [0.15, 0.2) is 11.5 Å². The Kier molecular flexibility index (Phi) is 6.19. The molecule has 1 N–H and O–H groups in total. The molecular weight excluding hydrogens is 390 g/mol. The summed E-state index contributed by atoms with van der Waals surface area (Å²) in [5, 5.41) is 0.0104. The molecule has 0 radical (unpaired) electrons. The van der Waals surface area contributed by atoms with Crippen LogP contribution < -0.4 is 14.2 Å². The highest BCUT2D eigenvalue weighted by molar-refractivity contribution is 7.89. The van der Waals surface area contributed by atoms with Crippen LogP contribution in [0.15, 0.2) is 41.3 Å². The molecule has 0 fully saturated rings. The molecule has 0 aliphatic heterocycles. The summed E-state index contributed by atoms with van der Waals surface area (Å²) in [6.45, 7) is 7.01. The normalized spacial score (nSPS) is 11.9. The number of benzene rings is 2. The average Bonchev–Trinajstić information content (AvgIpc) is 2.54. The van der Waals surface area contributed by atoms with Crippen molar-refractivity contribution in [1.29, 1.82) is 0 Å². The molecule has 0 saturated heterocycles. The van der Waals surface area contributed by atoms with Gasteiger partial charge in [-0.05, 0) is 63.6 Å². The van der Waals surface area contributed by atoms with Gasteiger partial charge in [0.2, 0.25) is 10.0 Å². The van der Waals surface area contributed by atoms with Crippen molar-refractivity contribution in [3.63, 3.8) is 0 Å². The number of halogens is 1. The van der Waals surface area contributed by atoms with Gasteiger partial charge >= 0.3 is 5.97 Å². The zero-order chi connectivity index (χ0) is 20.4. The van der Waals surface area contributed by atoms with E-state index in [1.54, 1.807) is 39.0 Å². The Bertz CT molecular complexity index is 965. The maximum atomic E-state index is 12.6. The number of hydrogen-bond donors (Lipinski definition) is 1. The average molecular weight is 412 g/mol. The third kappa shape index (κ3) is 5.45. The summed E-state index contributed by atoms with van der Waals surface area (Å²) in [7, 11) is -2.44. The molecule has 146 valence electrons. The Hall–Kier alpha value is -2.09. The second kappa shape index (κ2) is 7.88. The van der Waals surface area contributed by atoms with Crippen molar-refractivity contribution >= 4 is 27.6 Å². The first-order valence-corrected chi connectivity index (χ1v) is 9.99. The number of hydrogen-bond acceptors (Lipinski definition) is 5. The number of esters is 1. The highest BCUT2D eigenvalue weighted by atomic mass is 35.5. The maximum absolute atomic E-state index is 12.6. The smallest absolute Gasteiger partial charge is 0.343 e. The Balaban J connectivity index is 2.36. The number of ether oxygens (including phenoxy) is 2. The zero-order valence-electron chi connectivity index (χ0n) is 15.8. The predicted octanol–water partition coefficient (Wildman–Crippen LogP) is 3.95. The SMILES string of the molecule is COc1cc(C)ccc1OC(=O)c1ccc(Cl)c(S(=O)(=O)NC(C)(C)C)c1. The number of carbonyl (C=O) groups is 1. The highest BCUT2D eigenvalue weighted by Gasteiger charge is 2.26. The van der Waals surface area contributed by atoms with E-state index in [1.165, 1.54) is 25.3 Å². The summed E-state index contributed by atoms with van der Waals surface area (Å²) in [5.74, 6) is -0.0825. The van der Waals surface area contributed by atoms with Gasteiger partial charge in [-0.1, -0.05) is 17.7 Å². The Morgan fingerprint density at radius 3 is 2.33 bits per heavy atom. The van der Waals surface area contributed by atoms with Gasteiger partial charge in [0.25, 0.3) is 0 Å². The van der Waals surface area contributed by atoms with Crippen LogP contribution in [0, 0.1) is 6.92 Å². The van der Waals surface area contributed by atoms with Crippen molar-refractivity contribution in [2.24, 2.45) is 0 Å². The van der Waals surface area contributed by atoms with Crippen molar-refractivity contribution in [3.8, 4) is 11.5 Å². The minimum atomic E-state index is -3.91. The lowest BCUT2D eigenvalue weighted by molar-refractivity contribution is 0.0729. The van der Waals surface area contributed by atoms with E-state index in [1.807, 2.05) is 6.92 Å². The van der Waals surface area contributed by atoms with Crippen LogP contribution >= 0.6 is 11.6 Å². The van der Waals surface area contributed by atoms with Crippen LogP contribution in [0.25, 0.3) is 0 Å². The lowest BCUT2D eigenvalue weighted by Crippen LogP contribution is -2.40. The van der Waals surface area contributed by atoms with Crippen molar-refractivity contribution < 1.29 is 22.7 Å². The fraction of sp³-hybridized carbons (Fsp3) is 0.316. The minimum Gasteiger partial charge on any atom is -0.493 e. The van der Waals surface area contributed by atoms with E-state index in [4.69, 9.17) is 21.1 Å². The number of sulfonamides is 1. The van der Waals surface area contributed by atoms with Gasteiger partial charge in [-0.25, -0.2) is 17.9 Å². The van der Waals surface area contributed by atoms with Gasteiger partial charge in [0.05, 0.1) is 17.7 Å². The molecule has 2 aromatic rings.